The molecule has 0 aliphatic heterocycles. The molecule has 0 N–H and O–H groups in total. The number of hydrogen-bond acceptors (Lipinski definition) is 3. The van der Waals surface area contributed by atoms with Gasteiger partial charge in [0.15, 0.2) is 0 Å². The Hall–Kier alpha value is -1.85. The number of para-hydroxylation sites is 1. The number of anilines is 1. The third-order valence-electron chi connectivity index (χ3n) is 3.67. The van der Waals surface area contributed by atoms with Crippen LogP contribution in [0.2, 0.25) is 5.02 Å². The summed E-state index contributed by atoms with van der Waals surface area (Å²) in [6.07, 6.45) is 1.13. The second-order valence-corrected chi connectivity index (χ2v) is 6.79. The predicted octanol–water partition coefficient (Wildman–Crippen LogP) is 5.22. The molecule has 0 saturated carbocycles. The lowest BCUT2D eigenvalue weighted by Gasteiger charge is -2.21. The number of esters is 1. The van der Waals surface area contributed by atoms with Crippen molar-refractivity contribution >= 4 is 45.1 Å². The van der Waals surface area contributed by atoms with Crippen LogP contribution < -0.4 is 4.90 Å². The predicted molar refractivity (Wildman–Crippen MR) is 103 cm³/mol. The van der Waals surface area contributed by atoms with E-state index in [1.54, 1.807) is 30.1 Å². The van der Waals surface area contributed by atoms with Crippen LogP contribution in [-0.4, -0.2) is 18.9 Å². The van der Waals surface area contributed by atoms with E-state index in [-0.39, 0.29) is 18.5 Å². The molecule has 0 fully saturated rings. The lowest BCUT2D eigenvalue weighted by molar-refractivity contribution is -0.144. The molecule has 25 heavy (non-hydrogen) atoms. The standard InChI is InChI=1S/C19H19BrClNO3/c1-3-6-18(23)25-12-14-7-4-5-8-17(14)22(2)19(24)13-9-10-16(21)15(20)11-13/h4-5,7-11H,3,6,12H2,1-2H3. The molecule has 0 unspecified atom stereocenters. The number of amides is 1. The van der Waals surface area contributed by atoms with Crippen LogP contribution in [0.4, 0.5) is 5.69 Å². The Labute approximate surface area is 160 Å². The molecule has 2 aromatic carbocycles. The molecule has 0 radical (unpaired) electrons. The van der Waals surface area contributed by atoms with E-state index in [0.717, 1.165) is 12.0 Å². The third-order valence-corrected chi connectivity index (χ3v) is 4.88. The van der Waals surface area contributed by atoms with Crippen molar-refractivity contribution in [3.8, 4) is 0 Å². The Kier molecular flexibility index (Phi) is 7.02. The van der Waals surface area contributed by atoms with E-state index in [1.807, 2.05) is 31.2 Å². The summed E-state index contributed by atoms with van der Waals surface area (Å²) < 4.78 is 5.94. The Balaban J connectivity index is 2.20. The van der Waals surface area contributed by atoms with Crippen molar-refractivity contribution in [2.45, 2.75) is 26.4 Å². The maximum Gasteiger partial charge on any atom is 0.306 e. The zero-order valence-electron chi connectivity index (χ0n) is 14.1. The lowest BCUT2D eigenvalue weighted by atomic mass is 10.1. The van der Waals surface area contributed by atoms with Gasteiger partial charge in [0.2, 0.25) is 0 Å². The van der Waals surface area contributed by atoms with Gasteiger partial charge in [-0.3, -0.25) is 9.59 Å². The van der Waals surface area contributed by atoms with Crippen molar-refractivity contribution in [3.63, 3.8) is 0 Å². The molecule has 0 heterocycles. The number of rotatable bonds is 6. The number of hydrogen-bond donors (Lipinski definition) is 0. The molecule has 0 aliphatic rings. The highest BCUT2D eigenvalue weighted by Crippen LogP contribution is 2.26. The largest absolute Gasteiger partial charge is 0.461 e. The van der Waals surface area contributed by atoms with Gasteiger partial charge in [0.25, 0.3) is 5.91 Å². The van der Waals surface area contributed by atoms with E-state index < -0.39 is 0 Å². The number of ether oxygens (including phenoxy) is 1. The minimum absolute atomic E-state index is 0.136. The van der Waals surface area contributed by atoms with E-state index in [9.17, 15) is 9.59 Å². The summed E-state index contributed by atoms with van der Waals surface area (Å²) in [5, 5.41) is 0.544. The number of carbonyl (C=O) groups excluding carboxylic acids is 2. The summed E-state index contributed by atoms with van der Waals surface area (Å²) in [5.74, 6) is -0.419. The molecule has 4 nitrogen and oxygen atoms in total. The van der Waals surface area contributed by atoms with Gasteiger partial charge in [-0.15, -0.1) is 0 Å². The molecule has 0 aliphatic carbocycles. The van der Waals surface area contributed by atoms with Gasteiger partial charge in [-0.1, -0.05) is 36.7 Å². The van der Waals surface area contributed by atoms with Crippen molar-refractivity contribution < 1.29 is 14.3 Å². The molecule has 0 spiro atoms. The average molecular weight is 425 g/mol. The first-order chi connectivity index (χ1) is 11.9. The molecular formula is C19H19BrClNO3. The monoisotopic (exact) mass is 423 g/mol. The minimum Gasteiger partial charge on any atom is -0.461 e. The smallest absolute Gasteiger partial charge is 0.306 e. The van der Waals surface area contributed by atoms with Gasteiger partial charge in [0.1, 0.15) is 6.61 Å². The quantitative estimate of drug-likeness (QED) is 0.597. The van der Waals surface area contributed by atoms with E-state index in [1.165, 1.54) is 0 Å². The van der Waals surface area contributed by atoms with Gasteiger partial charge in [0.05, 0.1) is 10.7 Å². The second kappa shape index (κ2) is 9.02. The molecule has 132 valence electrons. The lowest BCUT2D eigenvalue weighted by Crippen LogP contribution is -2.27. The number of benzene rings is 2. The molecule has 0 bridgehead atoms. The maximum atomic E-state index is 12.8. The van der Waals surface area contributed by atoms with Crippen LogP contribution in [0.3, 0.4) is 0 Å². The van der Waals surface area contributed by atoms with Gasteiger partial charge >= 0.3 is 5.97 Å². The van der Waals surface area contributed by atoms with Crippen LogP contribution in [0, 0.1) is 0 Å². The fraction of sp³-hybridized carbons (Fsp3) is 0.263. The Morgan fingerprint density at radius 1 is 1.20 bits per heavy atom. The molecule has 6 heteroatoms. The zero-order chi connectivity index (χ0) is 18.4. The van der Waals surface area contributed by atoms with Crippen LogP contribution in [0.1, 0.15) is 35.7 Å². The molecule has 0 saturated heterocycles. The summed E-state index contributed by atoms with van der Waals surface area (Å²) in [6, 6.07) is 12.4. The number of nitrogens with zero attached hydrogens (tertiary/aromatic N) is 1. The molecule has 1 amide bonds. The van der Waals surface area contributed by atoms with Crippen molar-refractivity contribution in [3.05, 3.63) is 63.1 Å². The molecule has 2 aromatic rings. The Morgan fingerprint density at radius 3 is 2.60 bits per heavy atom. The van der Waals surface area contributed by atoms with Crippen LogP contribution in [0.5, 0.6) is 0 Å². The van der Waals surface area contributed by atoms with Gasteiger partial charge in [0, 0.05) is 29.1 Å². The van der Waals surface area contributed by atoms with Gasteiger partial charge in [-0.2, -0.15) is 0 Å². The average Bonchev–Trinajstić information content (AvgIpc) is 2.61. The van der Waals surface area contributed by atoms with E-state index in [0.29, 0.717) is 27.2 Å². The molecule has 2 rings (SSSR count). The van der Waals surface area contributed by atoms with Crippen molar-refractivity contribution in [2.24, 2.45) is 0 Å². The SMILES string of the molecule is CCCC(=O)OCc1ccccc1N(C)C(=O)c1ccc(Cl)c(Br)c1. The molecule has 0 atom stereocenters. The zero-order valence-corrected chi connectivity index (χ0v) is 16.4. The third kappa shape index (κ3) is 5.06. The molecular weight excluding hydrogens is 406 g/mol. The highest BCUT2D eigenvalue weighted by molar-refractivity contribution is 9.10. The summed E-state index contributed by atoms with van der Waals surface area (Å²) in [5.41, 5.74) is 1.98. The van der Waals surface area contributed by atoms with E-state index in [2.05, 4.69) is 15.9 Å². The van der Waals surface area contributed by atoms with E-state index in [4.69, 9.17) is 16.3 Å². The Morgan fingerprint density at radius 2 is 1.92 bits per heavy atom. The first-order valence-corrected chi connectivity index (χ1v) is 9.07. The normalized spacial score (nSPS) is 10.4. The highest BCUT2D eigenvalue weighted by Gasteiger charge is 2.17. The van der Waals surface area contributed by atoms with Crippen LogP contribution in [0.25, 0.3) is 0 Å². The second-order valence-electron chi connectivity index (χ2n) is 5.53. The first-order valence-electron chi connectivity index (χ1n) is 7.90. The van der Waals surface area contributed by atoms with Crippen molar-refractivity contribution in [2.75, 3.05) is 11.9 Å². The number of carbonyl (C=O) groups is 2. The molecule has 0 aromatic heterocycles. The maximum absolute atomic E-state index is 12.8. The highest BCUT2D eigenvalue weighted by atomic mass is 79.9. The van der Waals surface area contributed by atoms with Crippen LogP contribution >= 0.6 is 27.5 Å². The number of halogens is 2. The fourth-order valence-electron chi connectivity index (χ4n) is 2.33. The first kappa shape index (κ1) is 19.5. The topological polar surface area (TPSA) is 46.6 Å². The van der Waals surface area contributed by atoms with Crippen molar-refractivity contribution in [1.29, 1.82) is 0 Å². The van der Waals surface area contributed by atoms with Gasteiger partial charge in [-0.05, 0) is 46.6 Å². The fourth-order valence-corrected chi connectivity index (χ4v) is 2.82. The van der Waals surface area contributed by atoms with Crippen LogP contribution in [0.15, 0.2) is 46.9 Å². The summed E-state index contributed by atoms with van der Waals surface area (Å²) in [7, 11) is 1.69. The minimum atomic E-state index is -0.243. The van der Waals surface area contributed by atoms with Gasteiger partial charge < -0.3 is 9.64 Å². The Bertz CT molecular complexity index is 779. The summed E-state index contributed by atoms with van der Waals surface area (Å²) in [6.45, 7) is 2.06. The van der Waals surface area contributed by atoms with Gasteiger partial charge in [-0.25, -0.2) is 0 Å². The summed E-state index contributed by atoms with van der Waals surface area (Å²) >= 11 is 9.31. The van der Waals surface area contributed by atoms with Crippen LogP contribution in [-0.2, 0) is 16.1 Å². The van der Waals surface area contributed by atoms with E-state index >= 15 is 0 Å². The summed E-state index contributed by atoms with van der Waals surface area (Å²) in [4.78, 5) is 25.9. The van der Waals surface area contributed by atoms with Crippen molar-refractivity contribution in [1.82, 2.24) is 0 Å².